The number of rotatable bonds is 8. The van der Waals surface area contributed by atoms with Crippen molar-refractivity contribution in [2.45, 2.75) is 191 Å². The minimum absolute atomic E-state index is 0.0317. The zero-order chi connectivity index (χ0) is 44.7. The van der Waals surface area contributed by atoms with E-state index in [9.17, 15) is 20.1 Å². The maximum absolute atomic E-state index is 14.3. The number of hydrogen-bond donors (Lipinski definition) is 3. The second-order valence-corrected chi connectivity index (χ2v) is 19.0. The summed E-state index contributed by atoms with van der Waals surface area (Å²) in [6.45, 7) is 16.1. The minimum atomic E-state index is -1.84. The molecule has 2 bridgehead atoms. The van der Waals surface area contributed by atoms with Crippen LogP contribution < -0.4 is 0 Å². The first-order valence-corrected chi connectivity index (χ1v) is 22.9. The van der Waals surface area contributed by atoms with Crippen molar-refractivity contribution in [3.8, 4) is 0 Å². The zero-order valence-electron chi connectivity index (χ0n) is 38.2. The third-order valence-corrected chi connectivity index (χ3v) is 14.5. The molecule has 20 atom stereocenters. The van der Waals surface area contributed by atoms with Crippen LogP contribution in [0.25, 0.3) is 0 Å². The van der Waals surface area contributed by atoms with Gasteiger partial charge >= 0.3 is 5.97 Å². The number of esters is 1. The van der Waals surface area contributed by atoms with Crippen LogP contribution in [0, 0.1) is 23.7 Å². The standard InChI is InChI=1S/C48H72O14/c1-11-25(2)43-28(5)17-18-47(62-43)23-34-20-33(61-47)16-15-27(4)42(26(3)13-12-14-32-24-55-45-40(49)29(6)19-35(46(51)58-34)48(32,45)52)59-39-22-37(54-10)44(31(8)57-39)60-38-21-36(53-9)41(50)30(7)56-38/h12-15,17-19,25-26,28,30-31,33-45,49-50,52H,11,16,20-24H2,1-10H3/b13-12+,27-15+,32-14+/t25-,26-,28-,30-,31-,33+,34-,35-,36-,37-,38-,39-,40+,41-,42?,43+,44?,45+,47+,48+/m0/s1. The molecule has 0 radical (unpaired) electrons. The third-order valence-electron chi connectivity index (χ3n) is 14.5. The summed E-state index contributed by atoms with van der Waals surface area (Å²) in [7, 11) is 3.22. The first-order chi connectivity index (χ1) is 29.5. The number of methoxy groups -OCH3 is 2. The predicted octanol–water partition coefficient (Wildman–Crippen LogP) is 5.38. The van der Waals surface area contributed by atoms with Gasteiger partial charge in [0.05, 0.1) is 49.3 Å². The molecule has 14 heteroatoms. The molecule has 62 heavy (non-hydrogen) atoms. The van der Waals surface area contributed by atoms with Gasteiger partial charge in [0.25, 0.3) is 0 Å². The van der Waals surface area contributed by atoms with Crippen molar-refractivity contribution in [1.29, 1.82) is 0 Å². The van der Waals surface area contributed by atoms with Crippen molar-refractivity contribution in [1.82, 2.24) is 0 Å². The van der Waals surface area contributed by atoms with Crippen LogP contribution in [0.3, 0.4) is 0 Å². The third kappa shape index (κ3) is 9.64. The van der Waals surface area contributed by atoms with Gasteiger partial charge in [0, 0.05) is 51.7 Å². The fourth-order valence-electron chi connectivity index (χ4n) is 10.6. The lowest BCUT2D eigenvalue weighted by molar-refractivity contribution is -0.318. The van der Waals surface area contributed by atoms with Gasteiger partial charge in [0.1, 0.15) is 42.0 Å². The smallest absolute Gasteiger partial charge is 0.316 e. The van der Waals surface area contributed by atoms with Crippen LogP contribution in [0.2, 0.25) is 0 Å². The van der Waals surface area contributed by atoms with Crippen molar-refractivity contribution < 1.29 is 67.5 Å². The van der Waals surface area contributed by atoms with Crippen molar-refractivity contribution in [2.24, 2.45) is 23.7 Å². The molecule has 1 spiro atoms. The Morgan fingerprint density at radius 2 is 1.60 bits per heavy atom. The second-order valence-electron chi connectivity index (χ2n) is 19.0. The molecule has 0 amide bonds. The fraction of sp³-hybridized carbons (Fsp3) is 0.771. The van der Waals surface area contributed by atoms with Crippen molar-refractivity contribution in [3.05, 3.63) is 59.3 Å². The topological polar surface area (TPSA) is 170 Å². The van der Waals surface area contributed by atoms with E-state index in [0.29, 0.717) is 43.3 Å². The summed E-state index contributed by atoms with van der Waals surface area (Å²) in [6.07, 6.45) is 8.55. The average Bonchev–Trinajstić information content (AvgIpc) is 3.58. The van der Waals surface area contributed by atoms with Gasteiger partial charge in [0.15, 0.2) is 18.4 Å². The molecule has 1 aliphatic carbocycles. The molecule has 0 aromatic heterocycles. The molecule has 7 rings (SSSR count). The molecule has 348 valence electrons. The zero-order valence-corrected chi connectivity index (χ0v) is 38.2. The van der Waals surface area contributed by atoms with Crippen LogP contribution in [0.5, 0.6) is 0 Å². The lowest BCUT2D eigenvalue weighted by atomic mass is 9.71. The molecule has 7 aliphatic rings. The van der Waals surface area contributed by atoms with Crippen LogP contribution in [0.1, 0.15) is 93.9 Å². The molecule has 4 fully saturated rings. The molecule has 3 N–H and O–H groups in total. The highest BCUT2D eigenvalue weighted by molar-refractivity contribution is 5.78. The number of allylic oxidation sites excluding steroid dienone is 2. The van der Waals surface area contributed by atoms with Gasteiger partial charge in [0.2, 0.25) is 0 Å². The van der Waals surface area contributed by atoms with Crippen LogP contribution in [0.4, 0.5) is 0 Å². The first kappa shape index (κ1) is 47.6. The summed E-state index contributed by atoms with van der Waals surface area (Å²) in [5, 5.41) is 34.2. The number of aliphatic hydroxyl groups excluding tert-OH is 2. The molecule has 4 saturated heterocycles. The Hall–Kier alpha value is -2.31. The fourth-order valence-corrected chi connectivity index (χ4v) is 10.6. The number of ether oxygens (including phenoxy) is 10. The van der Waals surface area contributed by atoms with E-state index < -0.39 is 90.8 Å². The van der Waals surface area contributed by atoms with Gasteiger partial charge in [-0.05, 0) is 62.8 Å². The summed E-state index contributed by atoms with van der Waals surface area (Å²) in [5.74, 6) is -2.56. The Bertz CT molecular complexity index is 1730. The highest BCUT2D eigenvalue weighted by Crippen LogP contribution is 2.47. The van der Waals surface area contributed by atoms with E-state index in [0.717, 1.165) is 12.0 Å². The normalized spacial score (nSPS) is 49.1. The Labute approximate surface area is 367 Å². The molecule has 6 heterocycles. The van der Waals surface area contributed by atoms with Crippen LogP contribution in [0.15, 0.2) is 59.3 Å². The van der Waals surface area contributed by atoms with Gasteiger partial charge in [-0.1, -0.05) is 70.6 Å². The maximum atomic E-state index is 14.3. The van der Waals surface area contributed by atoms with Crippen molar-refractivity contribution in [3.63, 3.8) is 0 Å². The minimum Gasteiger partial charge on any atom is -0.462 e. The van der Waals surface area contributed by atoms with E-state index in [1.165, 1.54) is 0 Å². The molecular formula is C48H72O14. The van der Waals surface area contributed by atoms with Crippen molar-refractivity contribution >= 4 is 5.97 Å². The van der Waals surface area contributed by atoms with Gasteiger partial charge in [-0.2, -0.15) is 0 Å². The monoisotopic (exact) mass is 872 g/mol. The predicted molar refractivity (Wildman–Crippen MR) is 227 cm³/mol. The number of fused-ring (bicyclic) bond motifs is 2. The van der Waals surface area contributed by atoms with Gasteiger partial charge in [-0.3, -0.25) is 4.79 Å². The highest BCUT2D eigenvalue weighted by Gasteiger charge is 2.60. The molecule has 0 aromatic rings. The molecule has 0 saturated carbocycles. The number of carbonyl (C=O) groups excluding carboxylic acids is 1. The Balaban J connectivity index is 1.18. The summed E-state index contributed by atoms with van der Waals surface area (Å²) < 4.78 is 63.7. The Morgan fingerprint density at radius 3 is 2.32 bits per heavy atom. The Kier molecular flexibility index (Phi) is 15.1. The van der Waals surface area contributed by atoms with Gasteiger partial charge in [-0.15, -0.1) is 0 Å². The number of aliphatic hydroxyl groups is 3. The number of hydrogen-bond acceptors (Lipinski definition) is 14. The van der Waals surface area contributed by atoms with Crippen LogP contribution in [-0.2, 0) is 52.2 Å². The van der Waals surface area contributed by atoms with Gasteiger partial charge in [-0.25, -0.2) is 0 Å². The number of carbonyl (C=O) groups is 1. The van der Waals surface area contributed by atoms with E-state index in [1.807, 2.05) is 32.1 Å². The SMILES string of the molecule is CC[C@H](C)[C@H]1O[C@]2(C=C[C@@H]1C)C[C@@H]1C[C@@H](C/C=C(\C)C(O[C@H]3C[C@H](OC)C(O[C@H]4C[C@H](OC)[C@@H](O)[C@H](C)O4)[C@H](C)O3)[C@@H](C)/C=C/C=C3\CO[C@@H]4[C@H](O)C(C)=C[C@@H](C(=O)O1)[C@]34O)O2. The average molecular weight is 873 g/mol. The highest BCUT2D eigenvalue weighted by atomic mass is 16.7. The first-order valence-electron chi connectivity index (χ1n) is 22.9. The molecular weight excluding hydrogens is 801 g/mol. The summed E-state index contributed by atoms with van der Waals surface area (Å²) in [6, 6.07) is 0. The maximum Gasteiger partial charge on any atom is 0.316 e. The Morgan fingerprint density at radius 1 is 0.887 bits per heavy atom. The second kappa shape index (κ2) is 19.7. The van der Waals surface area contributed by atoms with Gasteiger partial charge < -0.3 is 62.7 Å². The largest absolute Gasteiger partial charge is 0.462 e. The molecule has 14 nitrogen and oxygen atoms in total. The summed E-state index contributed by atoms with van der Waals surface area (Å²) in [4.78, 5) is 14.3. The van der Waals surface area contributed by atoms with E-state index in [4.69, 9.17) is 47.4 Å². The van der Waals surface area contributed by atoms with E-state index in [2.05, 4.69) is 39.8 Å². The lowest BCUT2D eigenvalue weighted by Gasteiger charge is -2.48. The van der Waals surface area contributed by atoms with Crippen LogP contribution in [-0.4, -0.2) is 139 Å². The lowest BCUT2D eigenvalue weighted by Crippen LogP contribution is -2.58. The van der Waals surface area contributed by atoms with E-state index >= 15 is 0 Å². The van der Waals surface area contributed by atoms with Crippen molar-refractivity contribution in [2.75, 3.05) is 20.8 Å². The van der Waals surface area contributed by atoms with E-state index in [1.54, 1.807) is 40.2 Å². The summed E-state index contributed by atoms with van der Waals surface area (Å²) in [5.41, 5.74) is 0.134. The quantitative estimate of drug-likeness (QED) is 0.210. The molecule has 2 unspecified atom stereocenters. The van der Waals surface area contributed by atoms with E-state index in [-0.39, 0.29) is 42.7 Å². The van der Waals surface area contributed by atoms with Crippen LogP contribution >= 0.6 is 0 Å². The molecule has 6 aliphatic heterocycles. The molecule has 0 aromatic carbocycles. The summed E-state index contributed by atoms with van der Waals surface area (Å²) >= 11 is 0.